The summed E-state index contributed by atoms with van der Waals surface area (Å²) in [5.41, 5.74) is 0.385. The zero-order valence-electron chi connectivity index (χ0n) is 15.1. The van der Waals surface area contributed by atoms with Crippen LogP contribution in [0.15, 0.2) is 57.8 Å². The van der Waals surface area contributed by atoms with Gasteiger partial charge in [0.25, 0.3) is 0 Å². The van der Waals surface area contributed by atoms with Crippen LogP contribution in [0.5, 0.6) is 17.2 Å². The van der Waals surface area contributed by atoms with Gasteiger partial charge in [-0.3, -0.25) is 4.79 Å². The first-order valence-corrected chi connectivity index (χ1v) is 8.12. The summed E-state index contributed by atoms with van der Waals surface area (Å²) < 4.78 is 20.8. The van der Waals surface area contributed by atoms with Gasteiger partial charge in [-0.05, 0) is 48.0 Å². The summed E-state index contributed by atoms with van der Waals surface area (Å²) in [4.78, 5) is 24.6. The summed E-state index contributed by atoms with van der Waals surface area (Å²) >= 11 is 0. The van der Waals surface area contributed by atoms with E-state index in [-0.39, 0.29) is 5.56 Å². The fraction of sp³-hybridized carbons (Fsp3) is 0.143. The Morgan fingerprint density at radius 3 is 2.41 bits per heavy atom. The lowest BCUT2D eigenvalue weighted by Crippen LogP contribution is -2.11. The molecule has 27 heavy (non-hydrogen) atoms. The normalized spacial score (nSPS) is 10.9. The predicted octanol–water partition coefficient (Wildman–Crippen LogP) is 3.71. The number of benzene rings is 2. The number of carbonyl (C=O) groups is 1. The standard InChI is InChI=1S/C21H18O6/c1-24-15-6-9-18-14(11-15)12-16(21(23)27-18)17(22)7-4-13-5-8-19(25-2)20(10-13)26-3/h4-12H,1-3H3/b7-4+. The molecule has 1 aromatic heterocycles. The Labute approximate surface area is 155 Å². The molecule has 6 nitrogen and oxygen atoms in total. The monoisotopic (exact) mass is 366 g/mol. The van der Waals surface area contributed by atoms with E-state index in [0.717, 1.165) is 5.56 Å². The van der Waals surface area contributed by atoms with E-state index in [1.807, 2.05) is 0 Å². The summed E-state index contributed by atoms with van der Waals surface area (Å²) in [6, 6.07) is 11.8. The van der Waals surface area contributed by atoms with Gasteiger partial charge in [-0.1, -0.05) is 12.1 Å². The predicted molar refractivity (Wildman–Crippen MR) is 102 cm³/mol. The van der Waals surface area contributed by atoms with Crippen LogP contribution in [-0.2, 0) is 0 Å². The van der Waals surface area contributed by atoms with Crippen LogP contribution in [0.3, 0.4) is 0 Å². The van der Waals surface area contributed by atoms with E-state index in [9.17, 15) is 9.59 Å². The molecule has 0 saturated carbocycles. The van der Waals surface area contributed by atoms with Crippen LogP contribution in [-0.4, -0.2) is 27.1 Å². The zero-order chi connectivity index (χ0) is 19.4. The molecular weight excluding hydrogens is 348 g/mol. The van der Waals surface area contributed by atoms with Crippen LogP contribution in [0.4, 0.5) is 0 Å². The van der Waals surface area contributed by atoms with Crippen molar-refractivity contribution < 1.29 is 23.4 Å². The smallest absolute Gasteiger partial charge is 0.347 e. The van der Waals surface area contributed by atoms with Gasteiger partial charge in [-0.15, -0.1) is 0 Å². The minimum atomic E-state index is -0.686. The molecule has 3 rings (SSSR count). The summed E-state index contributed by atoms with van der Waals surface area (Å²) in [5, 5.41) is 0.608. The van der Waals surface area contributed by atoms with Gasteiger partial charge in [-0.2, -0.15) is 0 Å². The lowest BCUT2D eigenvalue weighted by Gasteiger charge is -2.07. The molecule has 0 unspecified atom stereocenters. The van der Waals surface area contributed by atoms with Gasteiger partial charge < -0.3 is 18.6 Å². The van der Waals surface area contributed by atoms with Crippen molar-refractivity contribution in [1.29, 1.82) is 0 Å². The van der Waals surface area contributed by atoms with Crippen molar-refractivity contribution in [1.82, 2.24) is 0 Å². The lowest BCUT2D eigenvalue weighted by molar-refractivity contribution is 0.104. The fourth-order valence-corrected chi connectivity index (χ4v) is 2.62. The first-order chi connectivity index (χ1) is 13.0. The molecule has 1 heterocycles. The molecule has 0 saturated heterocycles. The van der Waals surface area contributed by atoms with Crippen molar-refractivity contribution in [2.45, 2.75) is 0 Å². The summed E-state index contributed by atoms with van der Waals surface area (Å²) in [7, 11) is 4.62. The molecule has 0 atom stereocenters. The first kappa shape index (κ1) is 18.3. The maximum Gasteiger partial charge on any atom is 0.347 e. The zero-order valence-corrected chi connectivity index (χ0v) is 15.1. The Morgan fingerprint density at radius 2 is 1.70 bits per heavy atom. The van der Waals surface area contributed by atoms with E-state index in [1.54, 1.807) is 49.6 Å². The number of fused-ring (bicyclic) bond motifs is 1. The summed E-state index contributed by atoms with van der Waals surface area (Å²) in [5.74, 6) is 1.29. The minimum absolute atomic E-state index is 0.0486. The number of allylic oxidation sites excluding steroid dienone is 1. The number of ether oxygens (including phenoxy) is 3. The third kappa shape index (κ3) is 3.84. The lowest BCUT2D eigenvalue weighted by atomic mass is 10.1. The number of carbonyl (C=O) groups excluding carboxylic acids is 1. The van der Waals surface area contributed by atoms with Gasteiger partial charge in [0.1, 0.15) is 16.9 Å². The molecule has 3 aromatic rings. The topological polar surface area (TPSA) is 75.0 Å². The van der Waals surface area contributed by atoms with Gasteiger partial charge in [0.15, 0.2) is 17.3 Å². The molecule has 0 amide bonds. The number of hydrogen-bond acceptors (Lipinski definition) is 6. The second-order valence-electron chi connectivity index (χ2n) is 5.66. The number of methoxy groups -OCH3 is 3. The number of ketones is 1. The average Bonchev–Trinajstić information content (AvgIpc) is 2.70. The van der Waals surface area contributed by atoms with Crippen LogP contribution in [0.25, 0.3) is 17.0 Å². The highest BCUT2D eigenvalue weighted by molar-refractivity contribution is 6.07. The first-order valence-electron chi connectivity index (χ1n) is 8.12. The van der Waals surface area contributed by atoms with Gasteiger partial charge in [0, 0.05) is 5.39 Å². The van der Waals surface area contributed by atoms with Crippen LogP contribution in [0, 0.1) is 0 Å². The molecule has 0 spiro atoms. The average molecular weight is 366 g/mol. The van der Waals surface area contributed by atoms with E-state index < -0.39 is 11.4 Å². The van der Waals surface area contributed by atoms with Crippen molar-refractivity contribution in [2.75, 3.05) is 21.3 Å². The molecule has 0 N–H and O–H groups in total. The molecule has 0 aliphatic heterocycles. The highest BCUT2D eigenvalue weighted by Crippen LogP contribution is 2.28. The molecule has 0 bridgehead atoms. The third-order valence-corrected chi connectivity index (χ3v) is 4.04. The molecule has 6 heteroatoms. The molecule has 0 fully saturated rings. The SMILES string of the molecule is COc1ccc2oc(=O)c(C(=O)/C=C/c3ccc(OC)c(OC)c3)cc2c1. The van der Waals surface area contributed by atoms with E-state index >= 15 is 0 Å². The van der Waals surface area contributed by atoms with Crippen LogP contribution < -0.4 is 19.8 Å². The van der Waals surface area contributed by atoms with Crippen molar-refractivity contribution in [2.24, 2.45) is 0 Å². The maximum atomic E-state index is 12.5. The van der Waals surface area contributed by atoms with E-state index in [1.165, 1.54) is 26.4 Å². The Balaban J connectivity index is 1.92. The molecule has 138 valence electrons. The fourth-order valence-electron chi connectivity index (χ4n) is 2.62. The third-order valence-electron chi connectivity index (χ3n) is 4.04. The van der Waals surface area contributed by atoms with E-state index in [2.05, 4.69) is 0 Å². The minimum Gasteiger partial charge on any atom is -0.497 e. The van der Waals surface area contributed by atoms with E-state index in [4.69, 9.17) is 18.6 Å². The van der Waals surface area contributed by atoms with Gasteiger partial charge in [0.05, 0.1) is 21.3 Å². The maximum absolute atomic E-state index is 12.5. The molecule has 0 aliphatic carbocycles. The van der Waals surface area contributed by atoms with Crippen molar-refractivity contribution >= 4 is 22.8 Å². The van der Waals surface area contributed by atoms with Crippen LogP contribution in [0.2, 0.25) is 0 Å². The molecule has 0 radical (unpaired) electrons. The number of hydrogen-bond donors (Lipinski definition) is 0. The van der Waals surface area contributed by atoms with Crippen LogP contribution >= 0.6 is 0 Å². The molecular formula is C21H18O6. The molecule has 2 aromatic carbocycles. The van der Waals surface area contributed by atoms with Crippen LogP contribution in [0.1, 0.15) is 15.9 Å². The Hall–Kier alpha value is -3.54. The number of rotatable bonds is 6. The van der Waals surface area contributed by atoms with Gasteiger partial charge >= 0.3 is 5.63 Å². The highest BCUT2D eigenvalue weighted by atomic mass is 16.5. The summed E-state index contributed by atoms with van der Waals surface area (Å²) in [6.07, 6.45) is 2.92. The van der Waals surface area contributed by atoms with Crippen molar-refractivity contribution in [3.05, 3.63) is 70.1 Å². The van der Waals surface area contributed by atoms with Gasteiger partial charge in [-0.25, -0.2) is 4.79 Å². The largest absolute Gasteiger partial charge is 0.497 e. The Kier molecular flexibility index (Phi) is 5.26. The van der Waals surface area contributed by atoms with E-state index in [0.29, 0.717) is 28.2 Å². The van der Waals surface area contributed by atoms with Crippen molar-refractivity contribution in [3.8, 4) is 17.2 Å². The Morgan fingerprint density at radius 1 is 0.926 bits per heavy atom. The quantitative estimate of drug-likeness (QED) is 0.376. The van der Waals surface area contributed by atoms with Crippen molar-refractivity contribution in [3.63, 3.8) is 0 Å². The second kappa shape index (κ2) is 7.78. The highest BCUT2D eigenvalue weighted by Gasteiger charge is 2.12. The second-order valence-corrected chi connectivity index (χ2v) is 5.66. The molecule has 0 aliphatic rings. The van der Waals surface area contributed by atoms with Gasteiger partial charge in [0.2, 0.25) is 0 Å². The Bertz CT molecular complexity index is 1080. The summed E-state index contributed by atoms with van der Waals surface area (Å²) in [6.45, 7) is 0.